The fraction of sp³-hybridized carbons (Fsp3) is 0.400. The van der Waals surface area contributed by atoms with Gasteiger partial charge in [0.15, 0.2) is 6.61 Å². The highest BCUT2D eigenvalue weighted by Crippen LogP contribution is 2.13. The monoisotopic (exact) mass is 384 g/mol. The van der Waals surface area contributed by atoms with E-state index in [9.17, 15) is 9.59 Å². The Morgan fingerprint density at radius 1 is 1.07 bits per heavy atom. The van der Waals surface area contributed by atoms with Crippen LogP contribution in [-0.2, 0) is 14.3 Å². The predicted octanol–water partition coefficient (Wildman–Crippen LogP) is 1.45. The zero-order valence-corrected chi connectivity index (χ0v) is 15.9. The van der Waals surface area contributed by atoms with Gasteiger partial charge in [-0.3, -0.25) is 9.59 Å². The topological polar surface area (TPSA) is 84.9 Å². The van der Waals surface area contributed by atoms with Gasteiger partial charge < -0.3 is 19.3 Å². The van der Waals surface area contributed by atoms with Gasteiger partial charge in [0, 0.05) is 38.6 Å². The number of rotatable bonds is 7. The lowest BCUT2D eigenvalue weighted by molar-refractivity contribution is -0.152. The summed E-state index contributed by atoms with van der Waals surface area (Å²) in [6, 6.07) is 9.37. The highest BCUT2D eigenvalue weighted by atomic mass is 16.5. The number of hydrogen-bond donors (Lipinski definition) is 0. The average Bonchev–Trinajstić information content (AvgIpc) is 2.73. The van der Waals surface area contributed by atoms with Crippen LogP contribution in [0.4, 0.5) is 5.95 Å². The van der Waals surface area contributed by atoms with Crippen molar-refractivity contribution in [3.8, 4) is 5.75 Å². The van der Waals surface area contributed by atoms with E-state index in [0.29, 0.717) is 37.9 Å². The lowest BCUT2D eigenvalue weighted by Crippen LogP contribution is -2.50. The van der Waals surface area contributed by atoms with Crippen LogP contribution in [0.5, 0.6) is 5.75 Å². The molecular weight excluding hydrogens is 360 g/mol. The lowest BCUT2D eigenvalue weighted by Gasteiger charge is -2.34. The third-order valence-electron chi connectivity index (χ3n) is 4.39. The molecule has 0 aliphatic carbocycles. The second-order valence-corrected chi connectivity index (χ2v) is 6.49. The number of aromatic nitrogens is 2. The van der Waals surface area contributed by atoms with Crippen LogP contribution >= 0.6 is 0 Å². The summed E-state index contributed by atoms with van der Waals surface area (Å²) in [6.07, 6.45) is 3.49. The molecule has 2 aromatic rings. The number of benzene rings is 1. The zero-order chi connectivity index (χ0) is 19.8. The number of amides is 1. The van der Waals surface area contributed by atoms with Crippen LogP contribution in [0.15, 0.2) is 42.7 Å². The largest absolute Gasteiger partial charge is 0.493 e. The smallest absolute Gasteiger partial charge is 0.309 e. The van der Waals surface area contributed by atoms with Crippen LogP contribution in [0.25, 0.3) is 0 Å². The fourth-order valence-electron chi connectivity index (χ4n) is 2.87. The van der Waals surface area contributed by atoms with Crippen molar-refractivity contribution in [3.63, 3.8) is 0 Å². The van der Waals surface area contributed by atoms with Gasteiger partial charge in [-0.1, -0.05) is 12.1 Å². The van der Waals surface area contributed by atoms with E-state index in [4.69, 9.17) is 9.47 Å². The summed E-state index contributed by atoms with van der Waals surface area (Å²) in [5.74, 6) is 0.734. The van der Waals surface area contributed by atoms with E-state index in [0.717, 1.165) is 5.56 Å². The molecule has 0 atom stereocenters. The number of piperazine rings is 1. The van der Waals surface area contributed by atoms with E-state index in [1.807, 2.05) is 36.1 Å². The van der Waals surface area contributed by atoms with Gasteiger partial charge >= 0.3 is 5.97 Å². The van der Waals surface area contributed by atoms with Gasteiger partial charge in [-0.25, -0.2) is 9.97 Å². The molecule has 1 aliphatic heterocycles. The van der Waals surface area contributed by atoms with Crippen LogP contribution in [0.2, 0.25) is 0 Å². The van der Waals surface area contributed by atoms with Gasteiger partial charge in [0.2, 0.25) is 5.95 Å². The highest BCUT2D eigenvalue weighted by molar-refractivity contribution is 5.80. The Morgan fingerprint density at radius 3 is 2.54 bits per heavy atom. The number of nitrogens with zero attached hydrogens (tertiary/aromatic N) is 4. The SMILES string of the molecule is Cc1cccc(OCCC(=O)OCC(=O)N2CCN(c3ncccn3)CC2)c1. The predicted molar refractivity (Wildman–Crippen MR) is 103 cm³/mol. The number of anilines is 1. The minimum Gasteiger partial charge on any atom is -0.493 e. The molecule has 0 unspecified atom stereocenters. The molecule has 0 bridgehead atoms. The quantitative estimate of drug-likeness (QED) is 0.668. The number of ether oxygens (including phenoxy) is 2. The Balaban J connectivity index is 1.33. The van der Waals surface area contributed by atoms with Gasteiger partial charge in [0.25, 0.3) is 5.91 Å². The molecule has 148 valence electrons. The molecule has 1 aliphatic rings. The molecule has 8 nitrogen and oxygen atoms in total. The van der Waals surface area contributed by atoms with Crippen LogP contribution in [0.3, 0.4) is 0 Å². The molecule has 3 rings (SSSR count). The van der Waals surface area contributed by atoms with Crippen LogP contribution in [0.1, 0.15) is 12.0 Å². The van der Waals surface area contributed by atoms with Crippen LogP contribution in [0, 0.1) is 6.92 Å². The number of aryl methyl sites for hydroxylation is 1. The standard InChI is InChI=1S/C20H24N4O4/c1-16-4-2-5-17(14-16)27-13-6-19(26)28-15-18(25)23-9-11-24(12-10-23)20-21-7-3-8-22-20/h2-5,7-8,14H,6,9-13,15H2,1H3. The summed E-state index contributed by atoms with van der Waals surface area (Å²) in [4.78, 5) is 36.2. The van der Waals surface area contributed by atoms with E-state index >= 15 is 0 Å². The number of esters is 1. The lowest BCUT2D eigenvalue weighted by atomic mass is 10.2. The molecular formula is C20H24N4O4. The van der Waals surface area contributed by atoms with E-state index in [1.165, 1.54) is 0 Å². The Morgan fingerprint density at radius 2 is 1.82 bits per heavy atom. The minimum atomic E-state index is -0.447. The van der Waals surface area contributed by atoms with Crippen molar-refractivity contribution in [3.05, 3.63) is 48.3 Å². The molecule has 1 amide bonds. The first kappa shape index (κ1) is 19.6. The van der Waals surface area contributed by atoms with E-state index in [2.05, 4.69) is 9.97 Å². The molecule has 1 fully saturated rings. The van der Waals surface area contributed by atoms with E-state index in [-0.39, 0.29) is 25.5 Å². The molecule has 0 N–H and O–H groups in total. The van der Waals surface area contributed by atoms with E-state index < -0.39 is 5.97 Å². The molecule has 1 aromatic carbocycles. The summed E-state index contributed by atoms with van der Waals surface area (Å²) in [5.41, 5.74) is 1.09. The van der Waals surface area contributed by atoms with Gasteiger partial charge in [-0.2, -0.15) is 0 Å². The molecule has 28 heavy (non-hydrogen) atoms. The normalized spacial score (nSPS) is 13.9. The third kappa shape index (κ3) is 5.67. The van der Waals surface area contributed by atoms with Crippen molar-refractivity contribution in [2.75, 3.05) is 44.3 Å². The molecule has 0 radical (unpaired) electrons. The Kier molecular flexibility index (Phi) is 6.78. The maximum absolute atomic E-state index is 12.2. The molecule has 0 spiro atoms. The highest BCUT2D eigenvalue weighted by Gasteiger charge is 2.23. The van der Waals surface area contributed by atoms with Crippen molar-refractivity contribution >= 4 is 17.8 Å². The van der Waals surface area contributed by atoms with Crippen LogP contribution in [-0.4, -0.2) is 66.1 Å². The second-order valence-electron chi connectivity index (χ2n) is 6.49. The molecule has 1 aromatic heterocycles. The first-order valence-electron chi connectivity index (χ1n) is 9.26. The number of hydrogen-bond acceptors (Lipinski definition) is 7. The van der Waals surface area contributed by atoms with Crippen LogP contribution < -0.4 is 9.64 Å². The van der Waals surface area contributed by atoms with Gasteiger partial charge in [0.05, 0.1) is 13.0 Å². The summed E-state index contributed by atoms with van der Waals surface area (Å²) in [7, 11) is 0. The Labute approximate surface area is 164 Å². The first-order valence-corrected chi connectivity index (χ1v) is 9.26. The Bertz CT molecular complexity index is 792. The molecule has 8 heteroatoms. The summed E-state index contributed by atoms with van der Waals surface area (Å²) in [6.45, 7) is 4.33. The number of carbonyl (C=O) groups excluding carboxylic acids is 2. The van der Waals surface area contributed by atoms with E-state index in [1.54, 1.807) is 23.4 Å². The maximum atomic E-state index is 12.2. The van der Waals surface area contributed by atoms with Gasteiger partial charge in [-0.05, 0) is 30.7 Å². The minimum absolute atomic E-state index is 0.0976. The molecule has 0 saturated carbocycles. The average molecular weight is 384 g/mol. The molecule has 1 saturated heterocycles. The summed E-state index contributed by atoms with van der Waals surface area (Å²) >= 11 is 0. The van der Waals surface area contributed by atoms with Gasteiger partial charge in [-0.15, -0.1) is 0 Å². The fourth-order valence-corrected chi connectivity index (χ4v) is 2.87. The summed E-state index contributed by atoms with van der Waals surface area (Å²) < 4.78 is 10.6. The van der Waals surface area contributed by atoms with Crippen molar-refractivity contribution in [2.24, 2.45) is 0 Å². The van der Waals surface area contributed by atoms with Crippen molar-refractivity contribution in [1.29, 1.82) is 0 Å². The third-order valence-corrected chi connectivity index (χ3v) is 4.39. The molecule has 2 heterocycles. The van der Waals surface area contributed by atoms with Crippen molar-refractivity contribution in [1.82, 2.24) is 14.9 Å². The second kappa shape index (κ2) is 9.68. The Hall–Kier alpha value is -3.16. The zero-order valence-electron chi connectivity index (χ0n) is 15.9. The van der Waals surface area contributed by atoms with Crippen molar-refractivity contribution < 1.29 is 19.1 Å². The number of carbonyl (C=O) groups is 2. The van der Waals surface area contributed by atoms with Crippen molar-refractivity contribution in [2.45, 2.75) is 13.3 Å². The first-order chi connectivity index (χ1) is 13.6. The van der Waals surface area contributed by atoms with Gasteiger partial charge in [0.1, 0.15) is 5.75 Å². The summed E-state index contributed by atoms with van der Waals surface area (Å²) in [5, 5.41) is 0. The maximum Gasteiger partial charge on any atom is 0.309 e.